The molecule has 0 aliphatic heterocycles. The molecule has 2 rings (SSSR count). The van der Waals surface area contributed by atoms with Crippen LogP contribution in [0.3, 0.4) is 0 Å². The van der Waals surface area contributed by atoms with Crippen LogP contribution in [0.15, 0.2) is 12.1 Å². The van der Waals surface area contributed by atoms with Gasteiger partial charge in [0.15, 0.2) is 0 Å². The second-order valence-corrected chi connectivity index (χ2v) is 6.09. The Morgan fingerprint density at radius 3 is 1.14 bits per heavy atom. The normalized spacial score (nSPS) is 10.7. The van der Waals surface area contributed by atoms with Gasteiger partial charge in [0.25, 0.3) is 0 Å². The highest BCUT2D eigenvalue weighted by Crippen LogP contribution is 2.42. The van der Waals surface area contributed by atoms with E-state index in [2.05, 4.69) is 53.7 Å². The van der Waals surface area contributed by atoms with Crippen molar-refractivity contribution in [3.63, 3.8) is 0 Å². The van der Waals surface area contributed by atoms with Gasteiger partial charge in [-0.1, -0.05) is 12.1 Å². The Bertz CT molecular complexity index is 664. The van der Waals surface area contributed by atoms with Gasteiger partial charge in [0.05, 0.1) is 14.2 Å². The summed E-state index contributed by atoms with van der Waals surface area (Å²) in [6.45, 7) is 12.8. The van der Waals surface area contributed by atoms with E-state index >= 15 is 0 Å². The summed E-state index contributed by atoms with van der Waals surface area (Å²) in [5, 5.41) is 0. The van der Waals surface area contributed by atoms with E-state index in [1.54, 1.807) is 14.2 Å². The zero-order valence-corrected chi connectivity index (χ0v) is 15.0. The molecule has 0 aliphatic rings. The van der Waals surface area contributed by atoms with Crippen LogP contribution < -0.4 is 9.47 Å². The number of ether oxygens (including phenoxy) is 2. The number of hydrogen-bond donors (Lipinski definition) is 0. The highest BCUT2D eigenvalue weighted by molar-refractivity contribution is 5.81. The van der Waals surface area contributed by atoms with Gasteiger partial charge in [0.1, 0.15) is 11.5 Å². The minimum absolute atomic E-state index is 0.971. The van der Waals surface area contributed by atoms with Crippen molar-refractivity contribution in [2.24, 2.45) is 0 Å². The van der Waals surface area contributed by atoms with E-state index in [9.17, 15) is 0 Å². The number of methoxy groups -OCH3 is 2. The average molecular weight is 298 g/mol. The van der Waals surface area contributed by atoms with Crippen molar-refractivity contribution in [2.45, 2.75) is 41.5 Å². The molecule has 2 aromatic rings. The third-order valence-electron chi connectivity index (χ3n) is 4.46. The van der Waals surface area contributed by atoms with Crippen LogP contribution in [-0.2, 0) is 0 Å². The molecule has 0 N–H and O–H groups in total. The molecule has 0 heterocycles. The van der Waals surface area contributed by atoms with E-state index in [4.69, 9.17) is 9.47 Å². The minimum Gasteiger partial charge on any atom is -0.496 e. The summed E-state index contributed by atoms with van der Waals surface area (Å²) in [7, 11) is 3.48. The van der Waals surface area contributed by atoms with Crippen molar-refractivity contribution in [3.05, 3.63) is 45.5 Å². The summed E-state index contributed by atoms with van der Waals surface area (Å²) in [5.74, 6) is 1.94. The number of benzene rings is 2. The van der Waals surface area contributed by atoms with Gasteiger partial charge in [0.2, 0.25) is 0 Å². The SMILES string of the molecule is COc1c(C)cc(C)c(-c2c(C)cc(C)c(OC)c2C)c1C. The van der Waals surface area contributed by atoms with Crippen LogP contribution in [0.1, 0.15) is 33.4 Å². The molecule has 2 nitrogen and oxygen atoms in total. The summed E-state index contributed by atoms with van der Waals surface area (Å²) in [6, 6.07) is 4.40. The molecule has 0 aromatic heterocycles. The summed E-state index contributed by atoms with van der Waals surface area (Å²) >= 11 is 0. The molecule has 0 amide bonds. The smallest absolute Gasteiger partial charge is 0.125 e. The maximum Gasteiger partial charge on any atom is 0.125 e. The van der Waals surface area contributed by atoms with Crippen LogP contribution in [0.5, 0.6) is 11.5 Å². The molecule has 0 spiro atoms. The molecule has 22 heavy (non-hydrogen) atoms. The highest BCUT2D eigenvalue weighted by Gasteiger charge is 2.19. The van der Waals surface area contributed by atoms with Gasteiger partial charge in [0, 0.05) is 0 Å². The molecule has 0 unspecified atom stereocenters. The fraction of sp³-hybridized carbons (Fsp3) is 0.400. The van der Waals surface area contributed by atoms with Crippen LogP contribution >= 0.6 is 0 Å². The molecule has 0 saturated carbocycles. The Morgan fingerprint density at radius 2 is 0.864 bits per heavy atom. The second-order valence-electron chi connectivity index (χ2n) is 6.09. The number of rotatable bonds is 3. The zero-order chi connectivity index (χ0) is 16.6. The van der Waals surface area contributed by atoms with Gasteiger partial charge in [-0.25, -0.2) is 0 Å². The lowest BCUT2D eigenvalue weighted by Gasteiger charge is -2.22. The van der Waals surface area contributed by atoms with E-state index in [0.29, 0.717) is 0 Å². The lowest BCUT2D eigenvalue weighted by molar-refractivity contribution is 0.407. The Hall–Kier alpha value is -1.96. The maximum absolute atomic E-state index is 5.62. The third kappa shape index (κ3) is 2.47. The van der Waals surface area contributed by atoms with E-state index in [1.165, 1.54) is 44.5 Å². The first-order chi connectivity index (χ1) is 10.3. The van der Waals surface area contributed by atoms with Crippen LogP contribution in [0.2, 0.25) is 0 Å². The molecule has 0 aliphatic carbocycles. The molecule has 118 valence electrons. The van der Waals surface area contributed by atoms with Crippen molar-refractivity contribution in [1.29, 1.82) is 0 Å². The van der Waals surface area contributed by atoms with Gasteiger partial charge in [-0.3, -0.25) is 0 Å². The first-order valence-electron chi connectivity index (χ1n) is 7.63. The molecule has 0 atom stereocenters. The molecule has 2 heteroatoms. The fourth-order valence-corrected chi connectivity index (χ4v) is 3.73. The summed E-state index contributed by atoms with van der Waals surface area (Å²) in [4.78, 5) is 0. The van der Waals surface area contributed by atoms with Gasteiger partial charge in [-0.15, -0.1) is 0 Å². The predicted molar refractivity (Wildman–Crippen MR) is 93.4 cm³/mol. The van der Waals surface area contributed by atoms with Crippen LogP contribution in [-0.4, -0.2) is 14.2 Å². The third-order valence-corrected chi connectivity index (χ3v) is 4.46. The van der Waals surface area contributed by atoms with Crippen molar-refractivity contribution in [1.82, 2.24) is 0 Å². The first-order valence-corrected chi connectivity index (χ1v) is 7.63. The highest BCUT2D eigenvalue weighted by atomic mass is 16.5. The molecule has 0 bridgehead atoms. The van der Waals surface area contributed by atoms with E-state index in [-0.39, 0.29) is 0 Å². The predicted octanol–water partition coefficient (Wildman–Crippen LogP) is 5.22. The maximum atomic E-state index is 5.62. The monoisotopic (exact) mass is 298 g/mol. The fourth-order valence-electron chi connectivity index (χ4n) is 3.73. The topological polar surface area (TPSA) is 18.5 Å². The standard InChI is InChI=1S/C20H26O2/c1-11-9-13(3)19(21-7)15(5)17(11)18-12(2)10-14(4)20(22-8)16(18)6/h9-10H,1-8H3. The lowest BCUT2D eigenvalue weighted by atomic mass is 9.86. The summed E-state index contributed by atoms with van der Waals surface area (Å²) in [6.07, 6.45) is 0. The van der Waals surface area contributed by atoms with Gasteiger partial charge < -0.3 is 9.47 Å². The Labute approximate surface area is 134 Å². The van der Waals surface area contributed by atoms with E-state index < -0.39 is 0 Å². The molecule has 2 aromatic carbocycles. The van der Waals surface area contributed by atoms with Crippen LogP contribution in [0.25, 0.3) is 11.1 Å². The van der Waals surface area contributed by atoms with Crippen molar-refractivity contribution in [2.75, 3.05) is 14.2 Å². The van der Waals surface area contributed by atoms with Crippen LogP contribution in [0.4, 0.5) is 0 Å². The number of aryl methyl sites for hydroxylation is 4. The van der Waals surface area contributed by atoms with Crippen LogP contribution in [0, 0.1) is 41.5 Å². The summed E-state index contributed by atoms with van der Waals surface area (Å²) in [5.41, 5.74) is 9.80. The molecule has 0 fully saturated rings. The molecule has 0 radical (unpaired) electrons. The van der Waals surface area contributed by atoms with Gasteiger partial charge in [-0.05, 0) is 86.1 Å². The molecular weight excluding hydrogens is 272 g/mol. The van der Waals surface area contributed by atoms with Crippen molar-refractivity contribution >= 4 is 0 Å². The summed E-state index contributed by atoms with van der Waals surface area (Å²) < 4.78 is 11.2. The average Bonchev–Trinajstić information content (AvgIpc) is 2.42. The Morgan fingerprint density at radius 1 is 0.545 bits per heavy atom. The minimum atomic E-state index is 0.971. The lowest BCUT2D eigenvalue weighted by Crippen LogP contribution is -2.02. The van der Waals surface area contributed by atoms with Gasteiger partial charge >= 0.3 is 0 Å². The number of hydrogen-bond acceptors (Lipinski definition) is 2. The Kier molecular flexibility index (Phi) is 4.50. The van der Waals surface area contributed by atoms with Gasteiger partial charge in [-0.2, -0.15) is 0 Å². The molecular formula is C20H26O2. The molecule has 0 saturated heterocycles. The largest absolute Gasteiger partial charge is 0.496 e. The second kappa shape index (κ2) is 6.04. The zero-order valence-electron chi connectivity index (χ0n) is 15.0. The van der Waals surface area contributed by atoms with E-state index in [0.717, 1.165) is 11.5 Å². The Balaban J connectivity index is 2.89. The van der Waals surface area contributed by atoms with E-state index in [1.807, 2.05) is 0 Å². The van der Waals surface area contributed by atoms with Crippen molar-refractivity contribution in [3.8, 4) is 22.6 Å². The van der Waals surface area contributed by atoms with Crippen molar-refractivity contribution < 1.29 is 9.47 Å². The quantitative estimate of drug-likeness (QED) is 0.773. The first kappa shape index (κ1) is 16.4.